The Hall–Kier alpha value is -4.67. The van der Waals surface area contributed by atoms with Crippen LogP contribution in [0.2, 0.25) is 0 Å². The number of halogens is 4. The van der Waals surface area contributed by atoms with Crippen molar-refractivity contribution < 1.29 is 13.2 Å². The van der Waals surface area contributed by atoms with Crippen LogP contribution < -0.4 is 19.6 Å². The molecule has 5 aromatic carbocycles. The monoisotopic (exact) mass is 1440 g/mol. The van der Waals surface area contributed by atoms with Crippen molar-refractivity contribution in [3.05, 3.63) is 192 Å². The average molecular weight is 1440 g/mol. The first-order chi connectivity index (χ1) is 47.6. The predicted octanol–water partition coefficient (Wildman–Crippen LogP) is 17.0. The number of piperidine rings is 1. The molecule has 3 saturated heterocycles. The summed E-state index contributed by atoms with van der Waals surface area (Å²) in [6.45, 7) is 17.7. The molecule has 0 aromatic heterocycles. The van der Waals surface area contributed by atoms with E-state index in [0.29, 0.717) is 22.6 Å². The molecule has 10 nitrogen and oxygen atoms in total. The molecule has 524 valence electrons. The molecule has 15 rings (SSSR count). The summed E-state index contributed by atoms with van der Waals surface area (Å²) < 4.78 is 39.9. The first kappa shape index (κ1) is 73.1. The Balaban J connectivity index is 0.000000125. The van der Waals surface area contributed by atoms with Crippen molar-refractivity contribution >= 4 is 98.8 Å². The zero-order valence-corrected chi connectivity index (χ0v) is 62.9. The molecule has 3 fully saturated rings. The lowest BCUT2D eigenvalue weighted by Crippen LogP contribution is -2.47. The van der Waals surface area contributed by atoms with Gasteiger partial charge < -0.3 is 49.0 Å². The Morgan fingerprint density at radius 2 is 0.939 bits per heavy atom. The number of hydrogen-bond acceptors (Lipinski definition) is 15. The quantitative estimate of drug-likeness (QED) is 0.0939. The van der Waals surface area contributed by atoms with Gasteiger partial charge in [0.05, 0.1) is 67.9 Å². The van der Waals surface area contributed by atoms with Crippen LogP contribution in [0.4, 0.5) is 41.6 Å². The third kappa shape index (κ3) is 18.8. The predicted molar refractivity (Wildman–Crippen MR) is 418 cm³/mol. The fourth-order valence-electron chi connectivity index (χ4n) is 14.9. The normalized spacial score (nSPS) is 24.4. The van der Waals surface area contributed by atoms with Gasteiger partial charge in [0.1, 0.15) is 0 Å². The highest BCUT2D eigenvalue weighted by atomic mass is 35.5. The second-order valence-corrected chi connectivity index (χ2v) is 33.5. The summed E-state index contributed by atoms with van der Waals surface area (Å²) in [5.74, 6) is 0. The summed E-state index contributed by atoms with van der Waals surface area (Å²) in [7, 11) is 10.9. The van der Waals surface area contributed by atoms with Crippen LogP contribution in [0, 0.1) is 0 Å². The number of allylic oxidation sites excluding steroid dienone is 5. The van der Waals surface area contributed by atoms with Crippen molar-refractivity contribution in [2.45, 2.75) is 116 Å². The second kappa shape index (κ2) is 35.0. The molecule has 0 N–H and O–H groups in total. The van der Waals surface area contributed by atoms with Crippen molar-refractivity contribution in [2.75, 3.05) is 166 Å². The summed E-state index contributed by atoms with van der Waals surface area (Å²) in [6.07, 6.45) is 24.7. The van der Waals surface area contributed by atoms with E-state index in [2.05, 4.69) is 224 Å². The minimum atomic E-state index is -4.30. The minimum Gasteiger partial charge on any atom is -0.363 e. The van der Waals surface area contributed by atoms with Gasteiger partial charge in [-0.1, -0.05) is 121 Å². The first-order valence-electron chi connectivity index (χ1n) is 35.5. The molecule has 0 radical (unpaired) electrons. The van der Waals surface area contributed by atoms with Crippen LogP contribution in [0.3, 0.4) is 0 Å². The fraction of sp³-hybridized carbons (Fsp3) is 0.468. The molecule has 7 atom stereocenters. The highest BCUT2D eigenvalue weighted by molar-refractivity contribution is 8.02. The van der Waals surface area contributed by atoms with Crippen LogP contribution in [0.1, 0.15) is 44.9 Å². The molecule has 3 aliphatic carbocycles. The molecule has 5 aromatic rings. The van der Waals surface area contributed by atoms with Crippen molar-refractivity contribution in [1.82, 2.24) is 29.4 Å². The van der Waals surface area contributed by atoms with Crippen molar-refractivity contribution in [3.63, 3.8) is 0 Å². The summed E-state index contributed by atoms with van der Waals surface area (Å²) in [5, 5.41) is 1.88. The molecular weight excluding hydrogens is 1340 g/mol. The molecule has 7 unspecified atom stereocenters. The standard InChI is InChI=1S/C21H26F3N3S.C21H28N2S2.C20H26ClN3S.C17H20N2S/c1-25-11-13-26(14-12-25)9-4-10-27-17-5-2-3-6-19(17)28-20-8-7-16(15-18(20)27)21(22,23)24;1-22-13-6-5-7-16(22)12-14-23-18-8-3-4-9-20(18)25-21-11-10-17(24-2)15-19(21)23;1-22-11-13-23(14-12-22)9-4-10-24-17-5-2-3-6-19(17)25-20-8-7-16(21)15-18(20)24;1-18(2)12-7-13-19-14-8-3-5-10-16(14)20-17-11-6-4-9-15(17)19/h2-3,5-8,15,18,20H,4,9-14H2,1H3;3-4,8-11,15-16,19,21H,5-7,12-14H2,1-2H3;2-3,5-8,15,18,20H,4,9-14H2,1H3;3-6,8-11H,7,12-13H2,1-2H3. The highest BCUT2D eigenvalue weighted by Crippen LogP contribution is 2.50. The van der Waals surface area contributed by atoms with E-state index in [1.807, 2.05) is 71.3 Å². The van der Waals surface area contributed by atoms with E-state index in [1.54, 1.807) is 17.8 Å². The largest absolute Gasteiger partial charge is 0.416 e. The molecule has 7 aliphatic heterocycles. The topological polar surface area (TPSA) is 32.4 Å². The molecule has 98 heavy (non-hydrogen) atoms. The SMILES string of the molecule is CN(C)CCCN1c2ccccc2Sc2ccccc21.CN1CCN(CCCN2c3ccccc3SC3C=CC(C(F)(F)F)=CC32)CC1.CN1CCN(CCCN2c3ccccc3SC3C=CC(Cl)=CC32)CC1.CSC1=CC2C(C=C1)Sc1ccccc1N2CCC1CCCCN1C. The van der Waals surface area contributed by atoms with Crippen molar-refractivity contribution in [1.29, 1.82) is 0 Å². The van der Waals surface area contributed by atoms with Gasteiger partial charge in [0.15, 0.2) is 0 Å². The number of anilines is 5. The van der Waals surface area contributed by atoms with Crippen molar-refractivity contribution in [3.8, 4) is 0 Å². The Bertz CT molecular complexity index is 3580. The lowest BCUT2D eigenvalue weighted by molar-refractivity contribution is -0.0887. The maximum atomic E-state index is 13.3. The van der Waals surface area contributed by atoms with E-state index in [1.165, 1.54) is 137 Å². The van der Waals surface area contributed by atoms with Crippen LogP contribution in [0.5, 0.6) is 0 Å². The van der Waals surface area contributed by atoms with E-state index < -0.39 is 11.7 Å². The maximum absolute atomic E-state index is 13.3. The Morgan fingerprint density at radius 3 is 1.43 bits per heavy atom. The van der Waals surface area contributed by atoms with Gasteiger partial charge in [0.2, 0.25) is 0 Å². The average Bonchev–Trinajstić information content (AvgIpc) is 0.790. The Morgan fingerprint density at radius 1 is 0.490 bits per heavy atom. The van der Waals surface area contributed by atoms with Crippen LogP contribution >= 0.6 is 70.4 Å². The number of nitrogens with zero attached hydrogens (tertiary/aromatic N) is 10. The van der Waals surface area contributed by atoms with E-state index in [4.69, 9.17) is 11.6 Å². The third-order valence-electron chi connectivity index (χ3n) is 20.4. The van der Waals surface area contributed by atoms with Crippen LogP contribution in [0.25, 0.3) is 0 Å². The number of alkyl halides is 3. The fourth-order valence-corrected chi connectivity index (χ4v) is 20.5. The molecule has 0 saturated carbocycles. The Labute approximate surface area is 609 Å². The van der Waals surface area contributed by atoms with Crippen LogP contribution in [-0.2, 0) is 0 Å². The summed E-state index contributed by atoms with van der Waals surface area (Å²) in [4.78, 5) is 32.6. The van der Waals surface area contributed by atoms with E-state index in [-0.39, 0.29) is 11.3 Å². The lowest BCUT2D eigenvalue weighted by atomic mass is 9.98. The molecular formula is C79H100ClF3N10S5. The number of piperazine rings is 2. The molecule has 0 amide bonds. The van der Waals surface area contributed by atoms with Crippen molar-refractivity contribution in [2.24, 2.45) is 0 Å². The lowest BCUT2D eigenvalue weighted by Gasteiger charge is -2.44. The molecule has 10 aliphatic rings. The Kier molecular flexibility index (Phi) is 26.1. The van der Waals surface area contributed by atoms with Gasteiger partial charge in [-0.3, -0.25) is 0 Å². The molecule has 7 heterocycles. The summed E-state index contributed by atoms with van der Waals surface area (Å²) in [5.41, 5.74) is 6.00. The summed E-state index contributed by atoms with van der Waals surface area (Å²) >= 11 is 15.7. The number of para-hydroxylation sites is 5. The van der Waals surface area contributed by atoms with E-state index >= 15 is 0 Å². The van der Waals surface area contributed by atoms with Gasteiger partial charge in [-0.15, -0.1) is 47.0 Å². The number of rotatable bonds is 16. The zero-order chi connectivity index (χ0) is 68.1. The van der Waals surface area contributed by atoms with Gasteiger partial charge >= 0.3 is 6.18 Å². The molecule has 0 bridgehead atoms. The smallest absolute Gasteiger partial charge is 0.363 e. The van der Waals surface area contributed by atoms with Gasteiger partial charge in [-0.25, -0.2) is 0 Å². The summed E-state index contributed by atoms with van der Waals surface area (Å²) in [6, 6.07) is 44.6. The molecule has 0 spiro atoms. The second-order valence-electron chi connectivity index (χ2n) is 27.5. The van der Waals surface area contributed by atoms with Gasteiger partial charge in [0, 0.05) is 119 Å². The number of benzene rings is 5. The highest BCUT2D eigenvalue weighted by Gasteiger charge is 2.41. The van der Waals surface area contributed by atoms with Crippen LogP contribution in [0.15, 0.2) is 216 Å². The zero-order valence-electron chi connectivity index (χ0n) is 58.1. The number of likely N-dealkylation sites (N-methyl/N-ethyl adjacent to an activating group) is 2. The first-order valence-corrected chi connectivity index (χ1v) is 40.5. The minimum absolute atomic E-state index is 0.0182. The van der Waals surface area contributed by atoms with Gasteiger partial charge in [-0.2, -0.15) is 13.2 Å². The number of likely N-dealkylation sites (tertiary alicyclic amines) is 1. The third-order valence-corrected chi connectivity index (χ3v) is 26.5. The van der Waals surface area contributed by atoms with Gasteiger partial charge in [-0.05, 0) is 191 Å². The maximum Gasteiger partial charge on any atom is 0.416 e. The van der Waals surface area contributed by atoms with Crippen LogP contribution in [-0.4, -0.2) is 222 Å². The van der Waals surface area contributed by atoms with E-state index in [0.717, 1.165) is 93.5 Å². The van der Waals surface area contributed by atoms with E-state index in [9.17, 15) is 13.2 Å². The number of fused-ring (bicyclic) bond motifs is 8. The number of thioether (sulfide) groups is 4. The number of hydrogen-bond donors (Lipinski definition) is 0. The van der Waals surface area contributed by atoms with Gasteiger partial charge in [0.25, 0.3) is 0 Å². The molecule has 19 heteroatoms.